The molecule has 6 nitrogen and oxygen atoms in total. The monoisotopic (exact) mass is 251 g/mol. The summed E-state index contributed by atoms with van der Waals surface area (Å²) in [4.78, 5) is 22.3. The van der Waals surface area contributed by atoms with Crippen molar-refractivity contribution in [3.63, 3.8) is 0 Å². The molecule has 0 radical (unpaired) electrons. The highest BCUT2D eigenvalue weighted by Gasteiger charge is 2.10. The third-order valence-electron chi connectivity index (χ3n) is 2.14. The summed E-state index contributed by atoms with van der Waals surface area (Å²) in [6.45, 7) is 0.345. The van der Waals surface area contributed by atoms with E-state index in [1.807, 2.05) is 0 Å². The van der Waals surface area contributed by atoms with Crippen LogP contribution in [0.2, 0.25) is 5.15 Å². The number of anilines is 1. The molecule has 17 heavy (non-hydrogen) atoms. The molecule has 0 unspecified atom stereocenters. The fraction of sp³-hybridized carbons (Fsp3) is 0.100. The molecule has 1 amide bonds. The molecule has 0 saturated heterocycles. The summed E-state index contributed by atoms with van der Waals surface area (Å²) in [6, 6.07) is 1.43. The Kier molecular flexibility index (Phi) is 3.24. The van der Waals surface area contributed by atoms with Crippen molar-refractivity contribution in [2.24, 2.45) is 0 Å². The summed E-state index contributed by atoms with van der Waals surface area (Å²) in [7, 11) is 0. The van der Waals surface area contributed by atoms with Gasteiger partial charge in [0.2, 0.25) is 0 Å². The van der Waals surface area contributed by atoms with E-state index in [1.54, 1.807) is 12.5 Å². The zero-order valence-electron chi connectivity index (χ0n) is 8.77. The van der Waals surface area contributed by atoms with Crippen LogP contribution in [0, 0.1) is 0 Å². The number of nitrogens with two attached hydrogens (primary N) is 1. The van der Waals surface area contributed by atoms with Gasteiger partial charge in [-0.3, -0.25) is 4.79 Å². The van der Waals surface area contributed by atoms with Crippen molar-refractivity contribution in [2.45, 2.75) is 6.54 Å². The number of nitrogen functional groups attached to an aromatic ring is 1. The summed E-state index contributed by atoms with van der Waals surface area (Å²) >= 11 is 5.70. The normalized spacial score (nSPS) is 10.2. The number of nitrogens with zero attached hydrogens (tertiary/aromatic N) is 2. The van der Waals surface area contributed by atoms with Gasteiger partial charge in [-0.1, -0.05) is 11.6 Å². The molecule has 2 aromatic rings. The maximum Gasteiger partial charge on any atom is 0.253 e. The van der Waals surface area contributed by atoms with Crippen molar-refractivity contribution in [3.8, 4) is 0 Å². The van der Waals surface area contributed by atoms with Crippen LogP contribution in [-0.4, -0.2) is 20.9 Å². The molecule has 2 aromatic heterocycles. The van der Waals surface area contributed by atoms with Gasteiger partial charge >= 0.3 is 0 Å². The molecular weight excluding hydrogens is 242 g/mol. The molecule has 0 aliphatic heterocycles. The van der Waals surface area contributed by atoms with Gasteiger partial charge in [-0.15, -0.1) is 0 Å². The fourth-order valence-electron chi connectivity index (χ4n) is 1.29. The number of halogens is 1. The largest absolute Gasteiger partial charge is 0.397 e. The first kappa shape index (κ1) is 11.4. The van der Waals surface area contributed by atoms with E-state index in [1.165, 1.54) is 12.3 Å². The number of imidazole rings is 1. The summed E-state index contributed by atoms with van der Waals surface area (Å²) in [5, 5.41) is 2.92. The molecule has 0 fully saturated rings. The van der Waals surface area contributed by atoms with Crippen LogP contribution >= 0.6 is 11.6 Å². The highest BCUT2D eigenvalue weighted by atomic mass is 35.5. The maximum atomic E-state index is 11.8. The van der Waals surface area contributed by atoms with E-state index in [0.717, 1.165) is 5.69 Å². The van der Waals surface area contributed by atoms with Gasteiger partial charge in [0, 0.05) is 6.20 Å². The number of rotatable bonds is 3. The number of carbonyl (C=O) groups is 1. The Labute approximate surface area is 102 Å². The maximum absolute atomic E-state index is 11.8. The minimum absolute atomic E-state index is 0.228. The minimum Gasteiger partial charge on any atom is -0.397 e. The van der Waals surface area contributed by atoms with Gasteiger partial charge in [0.05, 0.1) is 36.0 Å². The van der Waals surface area contributed by atoms with Crippen molar-refractivity contribution in [1.82, 2.24) is 20.3 Å². The lowest BCUT2D eigenvalue weighted by molar-refractivity contribution is 0.0951. The lowest BCUT2D eigenvalue weighted by Crippen LogP contribution is -2.24. The average molecular weight is 252 g/mol. The van der Waals surface area contributed by atoms with Crippen molar-refractivity contribution in [1.29, 1.82) is 0 Å². The topological polar surface area (TPSA) is 96.7 Å². The van der Waals surface area contributed by atoms with E-state index in [-0.39, 0.29) is 16.7 Å². The van der Waals surface area contributed by atoms with Crippen molar-refractivity contribution in [2.75, 3.05) is 5.73 Å². The Morgan fingerprint density at radius 1 is 1.53 bits per heavy atom. The second-order valence-corrected chi connectivity index (χ2v) is 3.74. The molecule has 0 aromatic carbocycles. The molecule has 2 heterocycles. The van der Waals surface area contributed by atoms with Crippen LogP contribution < -0.4 is 11.1 Å². The van der Waals surface area contributed by atoms with Crippen LogP contribution in [0.5, 0.6) is 0 Å². The first-order chi connectivity index (χ1) is 8.16. The molecule has 4 N–H and O–H groups in total. The van der Waals surface area contributed by atoms with Gasteiger partial charge < -0.3 is 16.0 Å². The van der Waals surface area contributed by atoms with Crippen molar-refractivity contribution in [3.05, 3.63) is 41.2 Å². The predicted octanol–water partition coefficient (Wildman–Crippen LogP) is 0.970. The van der Waals surface area contributed by atoms with Gasteiger partial charge in [-0.05, 0) is 6.07 Å². The number of H-pyrrole nitrogens is 1. The number of pyridine rings is 1. The highest BCUT2D eigenvalue weighted by molar-refractivity contribution is 6.29. The molecule has 0 aliphatic carbocycles. The summed E-state index contributed by atoms with van der Waals surface area (Å²) in [5.41, 5.74) is 7.04. The smallest absolute Gasteiger partial charge is 0.253 e. The second kappa shape index (κ2) is 4.84. The molecule has 7 heteroatoms. The van der Waals surface area contributed by atoms with Gasteiger partial charge in [0.1, 0.15) is 5.15 Å². The van der Waals surface area contributed by atoms with Crippen LogP contribution in [0.25, 0.3) is 0 Å². The lowest BCUT2D eigenvalue weighted by Gasteiger charge is -2.06. The Balaban J connectivity index is 2.07. The SMILES string of the molecule is Nc1cnc(Cl)cc1C(=O)NCc1cnc[nH]1. The Bertz CT molecular complexity index is 525. The van der Waals surface area contributed by atoms with Crippen molar-refractivity contribution < 1.29 is 4.79 Å². The first-order valence-corrected chi connectivity index (χ1v) is 5.21. The summed E-state index contributed by atoms with van der Waals surface area (Å²) < 4.78 is 0. The van der Waals surface area contributed by atoms with Gasteiger partial charge in [-0.2, -0.15) is 0 Å². The van der Waals surface area contributed by atoms with E-state index in [9.17, 15) is 4.79 Å². The number of aromatic amines is 1. The van der Waals surface area contributed by atoms with E-state index in [0.29, 0.717) is 12.1 Å². The zero-order chi connectivity index (χ0) is 12.3. The number of amides is 1. The molecular formula is C10H10ClN5O. The summed E-state index contributed by atoms with van der Waals surface area (Å²) in [6.07, 6.45) is 4.52. The fourth-order valence-corrected chi connectivity index (χ4v) is 1.45. The first-order valence-electron chi connectivity index (χ1n) is 4.83. The molecule has 88 valence electrons. The van der Waals surface area contributed by atoms with Crippen LogP contribution in [0.1, 0.15) is 16.1 Å². The van der Waals surface area contributed by atoms with Crippen LogP contribution in [0.15, 0.2) is 24.8 Å². The van der Waals surface area contributed by atoms with Crippen molar-refractivity contribution >= 4 is 23.2 Å². The lowest BCUT2D eigenvalue weighted by atomic mass is 10.2. The number of hydrogen-bond donors (Lipinski definition) is 3. The highest BCUT2D eigenvalue weighted by Crippen LogP contribution is 2.14. The van der Waals surface area contributed by atoms with E-state index < -0.39 is 0 Å². The molecule has 0 bridgehead atoms. The molecule has 0 aliphatic rings. The van der Waals surface area contributed by atoms with E-state index in [2.05, 4.69) is 20.3 Å². The Hall–Kier alpha value is -2.08. The zero-order valence-corrected chi connectivity index (χ0v) is 9.53. The van der Waals surface area contributed by atoms with E-state index >= 15 is 0 Å². The quantitative estimate of drug-likeness (QED) is 0.708. The van der Waals surface area contributed by atoms with Crippen LogP contribution in [-0.2, 0) is 6.54 Å². The standard InChI is InChI=1S/C10H10ClN5O/c11-9-1-7(8(12)4-14-9)10(17)15-3-6-2-13-5-16-6/h1-2,4-5H,3,12H2,(H,13,16)(H,15,17). The molecule has 2 rings (SSSR count). The predicted molar refractivity (Wildman–Crippen MR) is 63.4 cm³/mol. The van der Waals surface area contributed by atoms with Gasteiger partial charge in [-0.25, -0.2) is 9.97 Å². The molecule has 0 spiro atoms. The van der Waals surface area contributed by atoms with Crippen LogP contribution in [0.4, 0.5) is 5.69 Å². The Morgan fingerprint density at radius 3 is 3.06 bits per heavy atom. The molecule has 0 atom stereocenters. The third kappa shape index (κ3) is 2.73. The Morgan fingerprint density at radius 2 is 2.35 bits per heavy atom. The van der Waals surface area contributed by atoms with E-state index in [4.69, 9.17) is 17.3 Å². The number of hydrogen-bond acceptors (Lipinski definition) is 4. The number of nitrogens with one attached hydrogen (secondary N) is 2. The number of carbonyl (C=O) groups excluding carboxylic acids is 1. The minimum atomic E-state index is -0.304. The van der Waals surface area contributed by atoms with Crippen LogP contribution in [0.3, 0.4) is 0 Å². The van der Waals surface area contributed by atoms with Gasteiger partial charge in [0.15, 0.2) is 0 Å². The third-order valence-corrected chi connectivity index (χ3v) is 2.35. The molecule has 0 saturated carbocycles. The average Bonchev–Trinajstić information content (AvgIpc) is 2.82. The number of aromatic nitrogens is 3. The second-order valence-electron chi connectivity index (χ2n) is 3.35. The van der Waals surface area contributed by atoms with Gasteiger partial charge in [0.25, 0.3) is 5.91 Å². The summed E-state index contributed by atoms with van der Waals surface area (Å²) in [5.74, 6) is -0.304.